The van der Waals surface area contributed by atoms with E-state index >= 15 is 0 Å². The molecular weight excluding hydrogens is 432 g/mol. The van der Waals surface area contributed by atoms with E-state index in [4.69, 9.17) is 12.2 Å². The Morgan fingerprint density at radius 3 is 2.56 bits per heavy atom. The number of amides is 3. The molecule has 1 aliphatic carbocycles. The smallest absolute Gasteiger partial charge is 0.257 e. The summed E-state index contributed by atoms with van der Waals surface area (Å²) in [6.45, 7) is 2.27. The van der Waals surface area contributed by atoms with Gasteiger partial charge in [-0.2, -0.15) is 0 Å². The Bertz CT molecular complexity index is 860. The van der Waals surface area contributed by atoms with E-state index in [1.165, 1.54) is 4.90 Å². The quantitative estimate of drug-likeness (QED) is 0.216. The minimum Gasteiger partial charge on any atom is -0.341 e. The van der Waals surface area contributed by atoms with Crippen LogP contribution in [0.2, 0.25) is 0 Å². The van der Waals surface area contributed by atoms with Gasteiger partial charge in [-0.05, 0) is 38.5 Å². The van der Waals surface area contributed by atoms with Crippen molar-refractivity contribution in [1.29, 1.82) is 0 Å². The molecule has 1 aliphatic heterocycles. The molecule has 0 aromatic rings. The maximum atomic E-state index is 13.0. The normalized spacial score (nSPS) is 20.5. The van der Waals surface area contributed by atoms with Crippen molar-refractivity contribution in [2.75, 3.05) is 13.1 Å². The molecule has 3 amide bonds. The molecule has 1 saturated heterocycles. The van der Waals surface area contributed by atoms with E-state index in [-0.39, 0.29) is 12.5 Å². The Kier molecular flexibility index (Phi) is 9.72. The number of likely N-dealkylation sites (tertiary alicyclic amines) is 1. The number of rotatable bonds is 12. The second kappa shape index (κ2) is 12.0. The lowest BCUT2D eigenvalue weighted by Gasteiger charge is -2.27. The fourth-order valence-corrected chi connectivity index (χ4v) is 5.04. The monoisotopic (exact) mass is 466 g/mol. The van der Waals surface area contributed by atoms with Gasteiger partial charge in [-0.3, -0.25) is 19.1 Å². The minimum absolute atomic E-state index is 0.221. The Morgan fingerprint density at radius 2 is 1.97 bits per heavy atom. The Hall–Kier alpha value is -2.38. The van der Waals surface area contributed by atoms with Crippen LogP contribution in [0.15, 0.2) is 12.2 Å². The summed E-state index contributed by atoms with van der Waals surface area (Å²) in [6.07, 6.45) is 15.0. The van der Waals surface area contributed by atoms with Gasteiger partial charge in [-0.15, -0.1) is 6.42 Å². The molecule has 2 fully saturated rings. The molecule has 0 bridgehead atoms. The van der Waals surface area contributed by atoms with E-state index in [0.29, 0.717) is 32.2 Å². The van der Waals surface area contributed by atoms with Crippen LogP contribution in [0.1, 0.15) is 58.3 Å². The summed E-state index contributed by atoms with van der Waals surface area (Å²) >= 11 is 0. The molecule has 1 saturated carbocycles. The molecular formula is C22H34N4O5S. The number of nitrogens with two attached hydrogens (primary N) is 1. The van der Waals surface area contributed by atoms with Gasteiger partial charge in [0.2, 0.25) is 21.8 Å². The third-order valence-electron chi connectivity index (χ3n) is 5.71. The van der Waals surface area contributed by atoms with Crippen LogP contribution >= 0.6 is 0 Å². The molecule has 4 N–H and O–H groups in total. The third-order valence-corrected chi connectivity index (χ3v) is 7.54. The lowest BCUT2D eigenvalue weighted by atomic mass is 9.98. The first-order valence-electron chi connectivity index (χ1n) is 11.2. The van der Waals surface area contributed by atoms with Gasteiger partial charge >= 0.3 is 0 Å². The highest BCUT2D eigenvalue weighted by molar-refractivity contribution is 7.90. The van der Waals surface area contributed by atoms with Crippen LogP contribution in [0.25, 0.3) is 0 Å². The molecule has 0 unspecified atom stereocenters. The van der Waals surface area contributed by atoms with Crippen molar-refractivity contribution in [2.45, 2.75) is 75.6 Å². The second-order valence-corrected chi connectivity index (χ2v) is 10.2. The number of terminal acetylenes is 1. The number of sulfonamides is 1. The van der Waals surface area contributed by atoms with Gasteiger partial charge in [0.25, 0.3) is 5.91 Å². The average Bonchev–Trinajstić information content (AvgIpc) is 3.52. The molecule has 178 valence electrons. The molecule has 32 heavy (non-hydrogen) atoms. The maximum Gasteiger partial charge on any atom is 0.257 e. The van der Waals surface area contributed by atoms with Crippen LogP contribution in [0, 0.1) is 18.3 Å². The van der Waals surface area contributed by atoms with Gasteiger partial charge in [-0.25, -0.2) is 8.42 Å². The molecule has 0 aromatic heterocycles. The summed E-state index contributed by atoms with van der Waals surface area (Å²) in [6, 6.07) is -2.05. The van der Waals surface area contributed by atoms with Gasteiger partial charge in [0, 0.05) is 6.54 Å². The molecule has 1 heterocycles. The zero-order valence-electron chi connectivity index (χ0n) is 18.6. The van der Waals surface area contributed by atoms with Crippen LogP contribution in [0.4, 0.5) is 0 Å². The fourth-order valence-electron chi connectivity index (χ4n) is 3.71. The van der Waals surface area contributed by atoms with Crippen LogP contribution in [-0.2, 0) is 24.4 Å². The van der Waals surface area contributed by atoms with Crippen LogP contribution in [-0.4, -0.2) is 61.5 Å². The SMILES string of the molecule is C#C[C@@H](/C=C\CCCCC)[C@@H](NC(=O)[C@@H]1CCCN1C(=O)CN)C(=O)NS(=O)(=O)C1CC1. The average molecular weight is 467 g/mol. The highest BCUT2D eigenvalue weighted by atomic mass is 32.2. The molecule has 0 aromatic carbocycles. The Balaban J connectivity index is 2.18. The molecule has 2 aliphatic rings. The Labute approximate surface area is 190 Å². The number of nitrogens with one attached hydrogen (secondary N) is 2. The van der Waals surface area contributed by atoms with Crippen LogP contribution in [0.3, 0.4) is 0 Å². The zero-order chi connectivity index (χ0) is 23.7. The van der Waals surface area contributed by atoms with E-state index < -0.39 is 45.1 Å². The maximum absolute atomic E-state index is 13.0. The number of hydrogen-bond acceptors (Lipinski definition) is 6. The molecule has 10 heteroatoms. The summed E-state index contributed by atoms with van der Waals surface area (Å²) in [7, 11) is -3.81. The van der Waals surface area contributed by atoms with Gasteiger partial charge in [0.05, 0.1) is 17.7 Å². The lowest BCUT2D eigenvalue weighted by molar-refractivity contribution is -0.138. The molecule has 0 spiro atoms. The van der Waals surface area contributed by atoms with Gasteiger partial charge < -0.3 is 16.0 Å². The first-order valence-corrected chi connectivity index (χ1v) is 12.8. The molecule has 3 atom stereocenters. The summed E-state index contributed by atoms with van der Waals surface area (Å²) in [4.78, 5) is 39.3. The van der Waals surface area contributed by atoms with Gasteiger partial charge in [0.15, 0.2) is 0 Å². The number of allylic oxidation sites excluding steroid dienone is 1. The topological polar surface area (TPSA) is 139 Å². The predicted molar refractivity (Wildman–Crippen MR) is 121 cm³/mol. The molecule has 9 nitrogen and oxygen atoms in total. The predicted octanol–water partition coefficient (Wildman–Crippen LogP) is 0.415. The molecule has 2 rings (SSSR count). The van der Waals surface area contributed by atoms with Crippen molar-refractivity contribution in [1.82, 2.24) is 14.9 Å². The van der Waals surface area contributed by atoms with Gasteiger partial charge in [0.1, 0.15) is 12.1 Å². The minimum atomic E-state index is -3.81. The molecule has 0 radical (unpaired) electrons. The number of unbranched alkanes of at least 4 members (excludes halogenated alkanes) is 3. The van der Waals surface area contributed by atoms with E-state index in [9.17, 15) is 22.8 Å². The van der Waals surface area contributed by atoms with Crippen molar-refractivity contribution in [3.63, 3.8) is 0 Å². The van der Waals surface area contributed by atoms with Crippen LogP contribution < -0.4 is 15.8 Å². The van der Waals surface area contributed by atoms with Crippen LogP contribution in [0.5, 0.6) is 0 Å². The van der Waals surface area contributed by atoms with E-state index in [2.05, 4.69) is 22.9 Å². The van der Waals surface area contributed by atoms with Crippen molar-refractivity contribution in [3.8, 4) is 12.3 Å². The summed E-state index contributed by atoms with van der Waals surface area (Å²) in [5.74, 6) is -0.129. The lowest BCUT2D eigenvalue weighted by Crippen LogP contribution is -2.56. The highest BCUT2D eigenvalue weighted by Gasteiger charge is 2.41. The van der Waals surface area contributed by atoms with Crippen molar-refractivity contribution >= 4 is 27.7 Å². The first-order chi connectivity index (χ1) is 15.2. The largest absolute Gasteiger partial charge is 0.341 e. The van der Waals surface area contributed by atoms with E-state index in [0.717, 1.165) is 25.7 Å². The van der Waals surface area contributed by atoms with E-state index in [1.54, 1.807) is 6.08 Å². The number of nitrogens with zero attached hydrogens (tertiary/aromatic N) is 1. The first kappa shape index (κ1) is 25.9. The zero-order valence-corrected chi connectivity index (χ0v) is 19.4. The number of carbonyl (C=O) groups is 3. The fraction of sp³-hybridized carbons (Fsp3) is 0.682. The number of hydrogen-bond donors (Lipinski definition) is 3. The summed E-state index contributed by atoms with van der Waals surface area (Å²) < 4.78 is 26.7. The standard InChI is InChI=1S/C22H34N4O5S/c1-3-5-6-7-8-10-16(4-2)20(22(29)25-32(30,31)17-12-13-17)24-21(28)18-11-9-14-26(18)19(27)15-23/h2,8,10,16-18,20H,3,5-7,9,11-15,23H2,1H3,(H,24,28)(H,25,29)/b10-8-/t16-,18-,20+/m0/s1. The number of carbonyl (C=O) groups excluding carboxylic acids is 3. The van der Waals surface area contributed by atoms with Gasteiger partial charge in [-0.1, -0.05) is 37.8 Å². The van der Waals surface area contributed by atoms with Crippen molar-refractivity contribution in [3.05, 3.63) is 12.2 Å². The van der Waals surface area contributed by atoms with E-state index in [1.807, 2.05) is 6.08 Å². The summed E-state index contributed by atoms with van der Waals surface area (Å²) in [5.41, 5.74) is 5.44. The summed E-state index contributed by atoms with van der Waals surface area (Å²) in [5, 5.41) is 2.02. The van der Waals surface area contributed by atoms with Crippen molar-refractivity contribution < 1.29 is 22.8 Å². The second-order valence-electron chi connectivity index (χ2n) is 8.26. The van der Waals surface area contributed by atoms with Crippen molar-refractivity contribution in [2.24, 2.45) is 11.7 Å². The third kappa shape index (κ3) is 7.07. The Morgan fingerprint density at radius 1 is 1.25 bits per heavy atom. The highest BCUT2D eigenvalue weighted by Crippen LogP contribution is 2.27.